The molecule has 4 heteroatoms. The van der Waals surface area contributed by atoms with Crippen LogP contribution >= 0.6 is 0 Å². The Morgan fingerprint density at radius 1 is 1.43 bits per heavy atom. The van der Waals surface area contributed by atoms with Crippen molar-refractivity contribution in [1.29, 1.82) is 0 Å². The highest BCUT2D eigenvalue weighted by molar-refractivity contribution is 5.99. The van der Waals surface area contributed by atoms with Crippen LogP contribution in [0.4, 0.5) is 4.79 Å². The van der Waals surface area contributed by atoms with Gasteiger partial charge in [-0.2, -0.15) is 0 Å². The number of nitrogens with one attached hydrogen (secondary N) is 1. The quantitative estimate of drug-likeness (QED) is 0.663. The molecule has 0 heterocycles. The van der Waals surface area contributed by atoms with Crippen LogP contribution in [0.1, 0.15) is 27.2 Å². The number of rotatable bonds is 5. The van der Waals surface area contributed by atoms with Gasteiger partial charge in [0.2, 0.25) is 0 Å². The fraction of sp³-hybridized carbons (Fsp3) is 0.600. The third-order valence-electron chi connectivity index (χ3n) is 1.74. The molecule has 0 spiro atoms. The minimum absolute atomic E-state index is 0.235. The first kappa shape index (κ1) is 12.7. The molecule has 0 bridgehead atoms. The van der Waals surface area contributed by atoms with Crippen molar-refractivity contribution < 1.29 is 14.7 Å². The molecular weight excluding hydrogens is 182 g/mol. The van der Waals surface area contributed by atoms with Gasteiger partial charge in [0.15, 0.2) is 5.78 Å². The Morgan fingerprint density at radius 3 is 2.21 bits per heavy atom. The van der Waals surface area contributed by atoms with Crippen molar-refractivity contribution >= 4 is 11.9 Å². The summed E-state index contributed by atoms with van der Waals surface area (Å²) in [5.74, 6) is 0.0243. The molecule has 0 aliphatic rings. The molecule has 0 radical (unpaired) electrons. The average molecular weight is 199 g/mol. The molecule has 0 rings (SSSR count). The highest BCUT2D eigenvalue weighted by Gasteiger charge is 2.21. The van der Waals surface area contributed by atoms with Gasteiger partial charge in [-0.15, -0.1) is 0 Å². The first-order chi connectivity index (χ1) is 6.34. The zero-order valence-electron chi connectivity index (χ0n) is 8.83. The van der Waals surface area contributed by atoms with Gasteiger partial charge in [-0.25, -0.2) is 4.79 Å². The molecule has 0 saturated heterocycles. The first-order valence-corrected chi connectivity index (χ1v) is 4.53. The number of hydrogen-bond donors (Lipinski definition) is 2. The van der Waals surface area contributed by atoms with Crippen molar-refractivity contribution in [3.63, 3.8) is 0 Å². The third kappa shape index (κ3) is 4.64. The molecule has 0 aromatic heterocycles. The molecule has 2 N–H and O–H groups in total. The summed E-state index contributed by atoms with van der Waals surface area (Å²) in [7, 11) is 0. The molecule has 0 aliphatic carbocycles. The molecule has 80 valence electrons. The van der Waals surface area contributed by atoms with E-state index >= 15 is 0 Å². The molecule has 1 amide bonds. The van der Waals surface area contributed by atoms with Crippen molar-refractivity contribution in [3.05, 3.63) is 12.2 Å². The minimum Gasteiger partial charge on any atom is -0.465 e. The number of Topliss-reactive ketones (excluding diaryl/α,β-unsaturated/α-hetero) is 1. The maximum absolute atomic E-state index is 11.5. The Bertz CT molecular complexity index is 246. The number of carbonyl (C=O) groups is 2. The normalized spacial score (nSPS) is 12.3. The van der Waals surface area contributed by atoms with Gasteiger partial charge in [-0.3, -0.25) is 4.79 Å². The van der Waals surface area contributed by atoms with Gasteiger partial charge in [0.25, 0.3) is 0 Å². The maximum atomic E-state index is 11.5. The van der Waals surface area contributed by atoms with Crippen LogP contribution in [0.3, 0.4) is 0 Å². The molecule has 1 atom stereocenters. The van der Waals surface area contributed by atoms with E-state index in [0.717, 1.165) is 0 Å². The third-order valence-corrected chi connectivity index (χ3v) is 1.74. The van der Waals surface area contributed by atoms with Gasteiger partial charge < -0.3 is 10.4 Å². The van der Waals surface area contributed by atoms with E-state index < -0.39 is 12.1 Å². The van der Waals surface area contributed by atoms with Crippen molar-refractivity contribution in [2.45, 2.75) is 33.2 Å². The molecule has 0 aromatic rings. The predicted molar refractivity (Wildman–Crippen MR) is 54.2 cm³/mol. The highest BCUT2D eigenvalue weighted by atomic mass is 16.4. The summed E-state index contributed by atoms with van der Waals surface area (Å²) in [6.07, 6.45) is -0.678. The summed E-state index contributed by atoms with van der Waals surface area (Å²) >= 11 is 0. The van der Waals surface area contributed by atoms with E-state index in [4.69, 9.17) is 5.11 Å². The Hall–Kier alpha value is -1.32. The summed E-state index contributed by atoms with van der Waals surface area (Å²) in [4.78, 5) is 21.9. The number of ketones is 1. The Kier molecular flexibility index (Phi) is 4.91. The van der Waals surface area contributed by atoms with Crippen LogP contribution in [0.25, 0.3) is 0 Å². The minimum atomic E-state index is -1.18. The summed E-state index contributed by atoms with van der Waals surface area (Å²) in [6, 6.07) is -0.662. The van der Waals surface area contributed by atoms with Gasteiger partial charge in [0, 0.05) is 0 Å². The standard InChI is InChI=1S/C10H17NO3/c1-6(2)5-8(11-10(13)14)9(12)7(3)4/h6,8,11H,3,5H2,1-2,4H3,(H,13,14)/t8-/m0/s1. The van der Waals surface area contributed by atoms with Gasteiger partial charge >= 0.3 is 6.09 Å². The molecule has 0 saturated carbocycles. The SMILES string of the molecule is C=C(C)C(=O)[C@H](CC(C)C)NC(=O)O. The van der Waals surface area contributed by atoms with E-state index in [1.807, 2.05) is 13.8 Å². The molecule has 0 unspecified atom stereocenters. The number of carboxylic acid groups (broad SMARTS) is 1. The zero-order valence-corrected chi connectivity index (χ0v) is 8.83. The van der Waals surface area contributed by atoms with Crippen LogP contribution in [0.15, 0.2) is 12.2 Å². The molecule has 14 heavy (non-hydrogen) atoms. The second kappa shape index (κ2) is 5.42. The van der Waals surface area contributed by atoms with E-state index in [0.29, 0.717) is 12.0 Å². The van der Waals surface area contributed by atoms with Gasteiger partial charge in [-0.05, 0) is 24.8 Å². The van der Waals surface area contributed by atoms with Crippen LogP contribution in [0.2, 0.25) is 0 Å². The van der Waals surface area contributed by atoms with Crippen LogP contribution in [-0.2, 0) is 4.79 Å². The Labute approximate surface area is 84.0 Å². The van der Waals surface area contributed by atoms with E-state index in [-0.39, 0.29) is 11.7 Å². The van der Waals surface area contributed by atoms with Crippen LogP contribution in [-0.4, -0.2) is 23.0 Å². The monoisotopic (exact) mass is 199 g/mol. The van der Waals surface area contributed by atoms with E-state index in [1.165, 1.54) is 0 Å². The second-order valence-electron chi connectivity index (χ2n) is 3.78. The number of hydrogen-bond acceptors (Lipinski definition) is 2. The molecule has 0 aromatic carbocycles. The van der Waals surface area contributed by atoms with Crippen molar-refractivity contribution in [2.24, 2.45) is 5.92 Å². The summed E-state index contributed by atoms with van der Waals surface area (Å²) in [5, 5.41) is 10.7. The lowest BCUT2D eigenvalue weighted by Gasteiger charge is -2.17. The predicted octanol–water partition coefficient (Wildman–Crippen LogP) is 1.81. The summed E-state index contributed by atoms with van der Waals surface area (Å²) < 4.78 is 0. The zero-order chi connectivity index (χ0) is 11.3. The number of carbonyl (C=O) groups excluding carboxylic acids is 1. The second-order valence-corrected chi connectivity index (χ2v) is 3.78. The van der Waals surface area contributed by atoms with Crippen LogP contribution < -0.4 is 5.32 Å². The first-order valence-electron chi connectivity index (χ1n) is 4.53. The number of amides is 1. The fourth-order valence-corrected chi connectivity index (χ4v) is 1.15. The lowest BCUT2D eigenvalue weighted by molar-refractivity contribution is -0.117. The van der Waals surface area contributed by atoms with Gasteiger partial charge in [0.05, 0.1) is 6.04 Å². The van der Waals surface area contributed by atoms with E-state index in [9.17, 15) is 9.59 Å². The maximum Gasteiger partial charge on any atom is 0.405 e. The summed E-state index contributed by atoms with van der Waals surface area (Å²) in [6.45, 7) is 8.96. The average Bonchev–Trinajstić information content (AvgIpc) is 1.99. The molecule has 0 aliphatic heterocycles. The fourth-order valence-electron chi connectivity index (χ4n) is 1.15. The molecular formula is C10H17NO3. The lowest BCUT2D eigenvalue weighted by atomic mass is 9.97. The lowest BCUT2D eigenvalue weighted by Crippen LogP contribution is -2.41. The van der Waals surface area contributed by atoms with Crippen molar-refractivity contribution in [3.8, 4) is 0 Å². The Morgan fingerprint density at radius 2 is 1.93 bits per heavy atom. The smallest absolute Gasteiger partial charge is 0.405 e. The largest absolute Gasteiger partial charge is 0.465 e. The summed E-state index contributed by atoms with van der Waals surface area (Å²) in [5.41, 5.74) is 0.379. The topological polar surface area (TPSA) is 66.4 Å². The van der Waals surface area contributed by atoms with Crippen LogP contribution in [0.5, 0.6) is 0 Å². The highest BCUT2D eigenvalue weighted by Crippen LogP contribution is 2.08. The van der Waals surface area contributed by atoms with E-state index in [2.05, 4.69) is 11.9 Å². The van der Waals surface area contributed by atoms with Gasteiger partial charge in [-0.1, -0.05) is 20.4 Å². The van der Waals surface area contributed by atoms with Crippen molar-refractivity contribution in [1.82, 2.24) is 5.32 Å². The van der Waals surface area contributed by atoms with Gasteiger partial charge in [0.1, 0.15) is 0 Å². The Balaban J connectivity index is 4.46. The van der Waals surface area contributed by atoms with Crippen molar-refractivity contribution in [2.75, 3.05) is 0 Å². The molecule has 4 nitrogen and oxygen atoms in total. The molecule has 0 fully saturated rings. The van der Waals surface area contributed by atoms with Crippen LogP contribution in [0, 0.1) is 5.92 Å². The van der Waals surface area contributed by atoms with E-state index in [1.54, 1.807) is 6.92 Å².